The van der Waals surface area contributed by atoms with Gasteiger partial charge in [-0.15, -0.1) is 11.8 Å². The van der Waals surface area contributed by atoms with Crippen LogP contribution in [0.1, 0.15) is 13.8 Å². The third-order valence-electron chi connectivity index (χ3n) is 5.10. The van der Waals surface area contributed by atoms with Gasteiger partial charge in [0.1, 0.15) is 5.75 Å². The maximum Gasteiger partial charge on any atom is 0.237 e. The number of carbonyl (C=O) groups excluding carboxylic acids is 1. The smallest absolute Gasteiger partial charge is 0.237 e. The average Bonchev–Trinajstić information content (AvgIpc) is 3.07. The van der Waals surface area contributed by atoms with E-state index in [9.17, 15) is 4.79 Å². The molecule has 4 nitrogen and oxygen atoms in total. The highest BCUT2D eigenvalue weighted by molar-refractivity contribution is 8.00. The zero-order valence-corrected chi connectivity index (χ0v) is 17.6. The highest BCUT2D eigenvalue weighted by atomic mass is 32.2. The topological polar surface area (TPSA) is 43.3 Å². The molecule has 0 radical (unpaired) electrons. The first-order chi connectivity index (χ1) is 14.1. The maximum atomic E-state index is 12.7. The lowest BCUT2D eigenvalue weighted by Gasteiger charge is -2.13. The van der Waals surface area contributed by atoms with Crippen LogP contribution in [0.4, 0.5) is 5.69 Å². The number of aromatic nitrogens is 1. The number of methoxy groups -OCH3 is 1. The molecule has 1 N–H and O–H groups in total. The minimum Gasteiger partial charge on any atom is -0.497 e. The van der Waals surface area contributed by atoms with Crippen LogP contribution in [0.25, 0.3) is 21.8 Å². The van der Waals surface area contributed by atoms with Crippen molar-refractivity contribution in [2.24, 2.45) is 0 Å². The summed E-state index contributed by atoms with van der Waals surface area (Å²) in [5.74, 6) is 0.801. The molecule has 29 heavy (non-hydrogen) atoms. The van der Waals surface area contributed by atoms with Crippen LogP contribution in [0, 0.1) is 0 Å². The van der Waals surface area contributed by atoms with Gasteiger partial charge in [-0.25, -0.2) is 0 Å². The van der Waals surface area contributed by atoms with Gasteiger partial charge in [0.2, 0.25) is 5.91 Å². The van der Waals surface area contributed by atoms with Crippen molar-refractivity contribution in [1.82, 2.24) is 4.57 Å². The predicted molar refractivity (Wildman–Crippen MR) is 122 cm³/mol. The van der Waals surface area contributed by atoms with Gasteiger partial charge in [-0.2, -0.15) is 0 Å². The number of hydrogen-bond donors (Lipinski definition) is 1. The van der Waals surface area contributed by atoms with E-state index >= 15 is 0 Å². The first kappa shape index (κ1) is 19.4. The van der Waals surface area contributed by atoms with Gasteiger partial charge < -0.3 is 14.6 Å². The Hall–Kier alpha value is -2.92. The molecule has 1 aromatic heterocycles. The second-order valence-electron chi connectivity index (χ2n) is 6.92. The number of anilines is 1. The molecule has 0 spiro atoms. The number of aryl methyl sites for hydroxylation is 1. The fourth-order valence-corrected chi connectivity index (χ4v) is 4.50. The maximum absolute atomic E-state index is 12.7. The fraction of sp³-hybridized carbons (Fsp3) is 0.208. The van der Waals surface area contributed by atoms with Crippen LogP contribution in [-0.2, 0) is 11.3 Å². The van der Waals surface area contributed by atoms with E-state index in [2.05, 4.69) is 53.2 Å². The van der Waals surface area contributed by atoms with E-state index in [0.717, 1.165) is 28.3 Å². The van der Waals surface area contributed by atoms with Crippen LogP contribution in [0.2, 0.25) is 0 Å². The highest BCUT2D eigenvalue weighted by Gasteiger charge is 2.16. The summed E-state index contributed by atoms with van der Waals surface area (Å²) in [6.45, 7) is 4.98. The number of carbonyl (C=O) groups is 1. The number of fused-ring (bicyclic) bond motifs is 3. The number of rotatable bonds is 6. The van der Waals surface area contributed by atoms with Crippen LogP contribution < -0.4 is 10.1 Å². The number of thioether (sulfide) groups is 1. The molecule has 0 aliphatic heterocycles. The number of nitrogens with one attached hydrogen (secondary N) is 1. The molecule has 0 bridgehead atoms. The van der Waals surface area contributed by atoms with Gasteiger partial charge in [-0.3, -0.25) is 4.79 Å². The van der Waals surface area contributed by atoms with Crippen molar-refractivity contribution < 1.29 is 9.53 Å². The summed E-state index contributed by atoms with van der Waals surface area (Å²) in [6.07, 6.45) is 0. The number of nitrogens with zero attached hydrogens (tertiary/aromatic N) is 1. The molecule has 3 aromatic carbocycles. The number of hydrogen-bond acceptors (Lipinski definition) is 3. The Bertz CT molecular complexity index is 1160. The third-order valence-corrected chi connectivity index (χ3v) is 6.21. The monoisotopic (exact) mass is 404 g/mol. The Morgan fingerprint density at radius 3 is 2.48 bits per heavy atom. The standard InChI is InChI=1S/C24H24N2O2S/c1-4-26-22-8-6-5-7-20(22)21-15-17(9-14-23(21)26)25-24(27)16(2)29-19-12-10-18(28-3)11-13-19/h5-16H,4H2,1-3H3,(H,25,27)/t16-/m1/s1. The van der Waals surface area contributed by atoms with Gasteiger partial charge in [-0.05, 0) is 62.4 Å². The van der Waals surface area contributed by atoms with Crippen molar-refractivity contribution in [2.75, 3.05) is 12.4 Å². The molecule has 0 aliphatic carbocycles. The molecule has 1 atom stereocenters. The van der Waals surface area contributed by atoms with E-state index in [-0.39, 0.29) is 11.2 Å². The van der Waals surface area contributed by atoms with Crippen molar-refractivity contribution in [2.45, 2.75) is 30.5 Å². The zero-order valence-electron chi connectivity index (χ0n) is 16.8. The summed E-state index contributed by atoms with van der Waals surface area (Å²) in [7, 11) is 1.65. The van der Waals surface area contributed by atoms with Gasteiger partial charge in [-0.1, -0.05) is 18.2 Å². The summed E-state index contributed by atoms with van der Waals surface area (Å²) in [5.41, 5.74) is 3.23. The van der Waals surface area contributed by atoms with Gasteiger partial charge in [0, 0.05) is 38.9 Å². The molecular formula is C24H24N2O2S. The number of benzene rings is 3. The molecule has 4 rings (SSSR count). The number of amides is 1. The molecule has 1 heterocycles. The quantitative estimate of drug-likeness (QED) is 0.404. The Kier molecular flexibility index (Phi) is 5.49. The predicted octanol–water partition coefficient (Wildman–Crippen LogP) is 5.94. The summed E-state index contributed by atoms with van der Waals surface area (Å²) < 4.78 is 7.49. The summed E-state index contributed by atoms with van der Waals surface area (Å²) >= 11 is 1.53. The molecule has 1 amide bonds. The van der Waals surface area contributed by atoms with E-state index in [4.69, 9.17) is 4.74 Å². The lowest BCUT2D eigenvalue weighted by molar-refractivity contribution is -0.115. The van der Waals surface area contributed by atoms with Crippen LogP contribution in [0.3, 0.4) is 0 Å². The second-order valence-corrected chi connectivity index (χ2v) is 8.33. The van der Waals surface area contributed by atoms with Crippen LogP contribution in [0.5, 0.6) is 5.75 Å². The Morgan fingerprint density at radius 2 is 1.76 bits per heavy atom. The molecular weight excluding hydrogens is 380 g/mol. The Balaban J connectivity index is 1.55. The molecule has 148 valence electrons. The fourth-order valence-electron chi connectivity index (χ4n) is 3.63. The van der Waals surface area contributed by atoms with E-state index in [1.54, 1.807) is 7.11 Å². The summed E-state index contributed by atoms with van der Waals surface area (Å²) in [5, 5.41) is 5.23. The highest BCUT2D eigenvalue weighted by Crippen LogP contribution is 2.31. The van der Waals surface area contributed by atoms with Crippen LogP contribution >= 0.6 is 11.8 Å². The largest absolute Gasteiger partial charge is 0.497 e. The third kappa shape index (κ3) is 3.83. The second kappa shape index (κ2) is 8.21. The van der Waals surface area contributed by atoms with Crippen molar-refractivity contribution in [3.8, 4) is 5.75 Å². The molecule has 0 aliphatic rings. The van der Waals surface area contributed by atoms with E-state index in [1.165, 1.54) is 28.2 Å². The zero-order chi connectivity index (χ0) is 20.4. The lowest BCUT2D eigenvalue weighted by atomic mass is 10.1. The van der Waals surface area contributed by atoms with Crippen molar-refractivity contribution in [1.29, 1.82) is 0 Å². The van der Waals surface area contributed by atoms with Crippen molar-refractivity contribution in [3.63, 3.8) is 0 Å². The lowest BCUT2D eigenvalue weighted by Crippen LogP contribution is -2.22. The summed E-state index contributed by atoms with van der Waals surface area (Å²) in [4.78, 5) is 13.8. The van der Waals surface area contributed by atoms with Crippen molar-refractivity contribution in [3.05, 3.63) is 66.7 Å². The van der Waals surface area contributed by atoms with Crippen LogP contribution in [0.15, 0.2) is 71.6 Å². The van der Waals surface area contributed by atoms with Crippen molar-refractivity contribution >= 4 is 45.2 Å². The first-order valence-corrected chi connectivity index (χ1v) is 10.6. The minimum atomic E-state index is -0.212. The van der Waals surface area contributed by atoms with Gasteiger partial charge in [0.05, 0.1) is 12.4 Å². The van der Waals surface area contributed by atoms with E-state index in [1.807, 2.05) is 37.3 Å². The molecule has 5 heteroatoms. The molecule has 4 aromatic rings. The average molecular weight is 405 g/mol. The van der Waals surface area contributed by atoms with Gasteiger partial charge in [0.25, 0.3) is 0 Å². The molecule has 0 fully saturated rings. The van der Waals surface area contributed by atoms with Gasteiger partial charge in [0.15, 0.2) is 0 Å². The molecule has 0 unspecified atom stereocenters. The molecule has 0 saturated heterocycles. The van der Waals surface area contributed by atoms with E-state index in [0.29, 0.717) is 0 Å². The summed E-state index contributed by atoms with van der Waals surface area (Å²) in [6, 6.07) is 22.3. The Labute approximate surface area is 174 Å². The van der Waals surface area contributed by atoms with Gasteiger partial charge >= 0.3 is 0 Å². The molecule has 0 saturated carbocycles. The first-order valence-electron chi connectivity index (χ1n) is 9.73. The normalized spacial score (nSPS) is 12.2. The SMILES string of the molecule is CCn1c2ccccc2c2cc(NC(=O)[C@@H](C)Sc3ccc(OC)cc3)ccc21. The van der Waals surface area contributed by atoms with Crippen LogP contribution in [-0.4, -0.2) is 22.8 Å². The Morgan fingerprint density at radius 1 is 1.03 bits per heavy atom. The number of ether oxygens (including phenoxy) is 1. The van der Waals surface area contributed by atoms with E-state index < -0.39 is 0 Å². The minimum absolute atomic E-state index is 0.00982. The number of para-hydroxylation sites is 1.